The van der Waals surface area contributed by atoms with Gasteiger partial charge in [0, 0.05) is 11.7 Å². The Bertz CT molecular complexity index is 398. The van der Waals surface area contributed by atoms with Crippen molar-refractivity contribution in [1.82, 2.24) is 5.32 Å². The third kappa shape index (κ3) is 6.09. The number of aryl methyl sites for hydroxylation is 1. The fourth-order valence-corrected chi connectivity index (χ4v) is 1.82. The number of carbonyl (C=O) groups is 1. The number of nitrogens with one attached hydrogen (secondary N) is 2. The van der Waals surface area contributed by atoms with E-state index in [0.717, 1.165) is 12.1 Å². The van der Waals surface area contributed by atoms with Crippen LogP contribution in [0.3, 0.4) is 0 Å². The number of hydrogen-bond donors (Lipinski definition) is 2. The first kappa shape index (κ1) is 16.5. The van der Waals surface area contributed by atoms with Gasteiger partial charge in [0.2, 0.25) is 5.91 Å². The minimum absolute atomic E-state index is 0.0428. The van der Waals surface area contributed by atoms with Crippen molar-refractivity contribution in [2.24, 2.45) is 5.92 Å². The smallest absolute Gasteiger partial charge is 0.239 e. The van der Waals surface area contributed by atoms with E-state index in [9.17, 15) is 4.79 Å². The largest absolute Gasteiger partial charge is 0.376 e. The molecule has 112 valence electrons. The minimum Gasteiger partial charge on any atom is -0.376 e. The molecule has 20 heavy (non-hydrogen) atoms. The molecule has 1 aromatic carbocycles. The first-order chi connectivity index (χ1) is 9.52. The van der Waals surface area contributed by atoms with E-state index in [4.69, 9.17) is 0 Å². The molecule has 1 amide bonds. The first-order valence-electron chi connectivity index (χ1n) is 7.65. The van der Waals surface area contributed by atoms with Crippen molar-refractivity contribution >= 4 is 11.6 Å². The minimum atomic E-state index is 0.0428. The predicted octanol–water partition coefficient (Wildman–Crippen LogP) is 3.60. The van der Waals surface area contributed by atoms with Gasteiger partial charge in [-0.15, -0.1) is 0 Å². The van der Waals surface area contributed by atoms with Crippen molar-refractivity contribution in [1.29, 1.82) is 0 Å². The molecule has 0 saturated heterocycles. The van der Waals surface area contributed by atoms with E-state index in [1.165, 1.54) is 18.4 Å². The summed E-state index contributed by atoms with van der Waals surface area (Å²) in [5.41, 5.74) is 2.35. The maximum absolute atomic E-state index is 11.8. The van der Waals surface area contributed by atoms with Crippen LogP contribution in [0.5, 0.6) is 0 Å². The standard InChI is InChI=1S/C17H28N2O/c1-5-6-7-15-8-10-16(11-9-15)18-12-17(20)19-14(4)13(2)3/h8-11,13-14,18H,5-7,12H2,1-4H3,(H,19,20). The second-order valence-electron chi connectivity index (χ2n) is 5.75. The lowest BCUT2D eigenvalue weighted by Crippen LogP contribution is -2.39. The van der Waals surface area contributed by atoms with Gasteiger partial charge in [0.15, 0.2) is 0 Å². The summed E-state index contributed by atoms with van der Waals surface area (Å²) in [5, 5.41) is 6.15. The van der Waals surface area contributed by atoms with Gasteiger partial charge in [0.05, 0.1) is 6.54 Å². The highest BCUT2D eigenvalue weighted by Crippen LogP contribution is 2.11. The monoisotopic (exact) mass is 276 g/mol. The highest BCUT2D eigenvalue weighted by molar-refractivity contribution is 5.80. The van der Waals surface area contributed by atoms with Crippen LogP contribution in [0.1, 0.15) is 46.1 Å². The number of anilines is 1. The van der Waals surface area contributed by atoms with Gasteiger partial charge in [-0.3, -0.25) is 4.79 Å². The average Bonchev–Trinajstić information content (AvgIpc) is 2.43. The van der Waals surface area contributed by atoms with E-state index >= 15 is 0 Å². The van der Waals surface area contributed by atoms with Crippen molar-refractivity contribution in [3.05, 3.63) is 29.8 Å². The van der Waals surface area contributed by atoms with Gasteiger partial charge in [0.25, 0.3) is 0 Å². The fraction of sp³-hybridized carbons (Fsp3) is 0.588. The Kier molecular flexibility index (Phi) is 7.13. The molecule has 2 N–H and O–H groups in total. The average molecular weight is 276 g/mol. The van der Waals surface area contributed by atoms with Crippen molar-refractivity contribution in [2.75, 3.05) is 11.9 Å². The Hall–Kier alpha value is -1.51. The summed E-state index contributed by atoms with van der Waals surface area (Å²) >= 11 is 0. The number of carbonyl (C=O) groups excluding carboxylic acids is 1. The van der Waals surface area contributed by atoms with E-state index < -0.39 is 0 Å². The van der Waals surface area contributed by atoms with E-state index in [1.807, 2.05) is 19.1 Å². The number of amides is 1. The highest BCUT2D eigenvalue weighted by atomic mass is 16.1. The van der Waals surface area contributed by atoms with Crippen LogP contribution < -0.4 is 10.6 Å². The summed E-state index contributed by atoms with van der Waals surface area (Å²) in [6, 6.07) is 8.56. The van der Waals surface area contributed by atoms with Gasteiger partial charge in [-0.25, -0.2) is 0 Å². The Morgan fingerprint density at radius 2 is 1.80 bits per heavy atom. The van der Waals surface area contributed by atoms with Crippen molar-refractivity contribution in [2.45, 2.75) is 53.0 Å². The molecule has 3 heteroatoms. The van der Waals surface area contributed by atoms with E-state index in [-0.39, 0.29) is 11.9 Å². The third-order valence-electron chi connectivity index (χ3n) is 3.61. The van der Waals surface area contributed by atoms with Gasteiger partial charge in [-0.1, -0.05) is 39.3 Å². The molecular weight excluding hydrogens is 248 g/mol. The zero-order chi connectivity index (χ0) is 15.0. The lowest BCUT2D eigenvalue weighted by molar-refractivity contribution is -0.120. The van der Waals surface area contributed by atoms with Crippen LogP contribution in [0.4, 0.5) is 5.69 Å². The fourth-order valence-electron chi connectivity index (χ4n) is 1.82. The van der Waals surface area contributed by atoms with Gasteiger partial charge < -0.3 is 10.6 Å². The van der Waals surface area contributed by atoms with Crippen LogP contribution in [0.15, 0.2) is 24.3 Å². The number of hydrogen-bond acceptors (Lipinski definition) is 2. The molecule has 3 nitrogen and oxygen atoms in total. The second kappa shape index (κ2) is 8.62. The topological polar surface area (TPSA) is 41.1 Å². The van der Waals surface area contributed by atoms with Crippen LogP contribution in [0.2, 0.25) is 0 Å². The summed E-state index contributed by atoms with van der Waals surface area (Å²) in [4.78, 5) is 11.8. The Morgan fingerprint density at radius 3 is 2.35 bits per heavy atom. The molecule has 0 spiro atoms. The molecule has 1 atom stereocenters. The van der Waals surface area contributed by atoms with Crippen molar-refractivity contribution < 1.29 is 4.79 Å². The molecule has 0 radical (unpaired) electrons. The molecule has 1 unspecified atom stereocenters. The lowest BCUT2D eigenvalue weighted by Gasteiger charge is -2.17. The predicted molar refractivity (Wildman–Crippen MR) is 86.0 cm³/mol. The molecule has 0 fully saturated rings. The third-order valence-corrected chi connectivity index (χ3v) is 3.61. The van der Waals surface area contributed by atoms with E-state index in [2.05, 4.69) is 43.5 Å². The van der Waals surface area contributed by atoms with Crippen LogP contribution in [0.25, 0.3) is 0 Å². The molecule has 0 aliphatic heterocycles. The van der Waals surface area contributed by atoms with Gasteiger partial charge >= 0.3 is 0 Å². The molecule has 0 aliphatic rings. The summed E-state index contributed by atoms with van der Waals surface area (Å²) < 4.78 is 0. The molecule has 1 rings (SSSR count). The van der Waals surface area contributed by atoms with Crippen LogP contribution in [-0.4, -0.2) is 18.5 Å². The van der Waals surface area contributed by atoms with E-state index in [1.54, 1.807) is 0 Å². The number of benzene rings is 1. The van der Waals surface area contributed by atoms with Gasteiger partial charge in [-0.05, 0) is 43.4 Å². The normalized spacial score (nSPS) is 12.2. The SMILES string of the molecule is CCCCc1ccc(NCC(=O)NC(C)C(C)C)cc1. The molecule has 0 heterocycles. The molecule has 1 aromatic rings. The second-order valence-corrected chi connectivity index (χ2v) is 5.75. The summed E-state index contributed by atoms with van der Waals surface area (Å²) in [6.07, 6.45) is 3.57. The molecule has 0 saturated carbocycles. The Labute approximate surface area is 123 Å². The van der Waals surface area contributed by atoms with Crippen molar-refractivity contribution in [3.8, 4) is 0 Å². The van der Waals surface area contributed by atoms with Gasteiger partial charge in [0.1, 0.15) is 0 Å². The first-order valence-corrected chi connectivity index (χ1v) is 7.65. The van der Waals surface area contributed by atoms with Crippen LogP contribution in [0, 0.1) is 5.92 Å². The van der Waals surface area contributed by atoms with Crippen LogP contribution >= 0.6 is 0 Å². The van der Waals surface area contributed by atoms with Gasteiger partial charge in [-0.2, -0.15) is 0 Å². The maximum atomic E-state index is 11.8. The summed E-state index contributed by atoms with van der Waals surface area (Å²) in [6.45, 7) is 8.77. The quantitative estimate of drug-likeness (QED) is 0.761. The van der Waals surface area contributed by atoms with E-state index in [0.29, 0.717) is 12.5 Å². The highest BCUT2D eigenvalue weighted by Gasteiger charge is 2.10. The van der Waals surface area contributed by atoms with Crippen LogP contribution in [-0.2, 0) is 11.2 Å². The summed E-state index contributed by atoms with van der Waals surface area (Å²) in [7, 11) is 0. The number of unbranched alkanes of at least 4 members (excludes halogenated alkanes) is 1. The Balaban J connectivity index is 2.36. The Morgan fingerprint density at radius 1 is 1.15 bits per heavy atom. The molecule has 0 bridgehead atoms. The number of rotatable bonds is 8. The maximum Gasteiger partial charge on any atom is 0.239 e. The molecular formula is C17H28N2O. The molecule has 0 aromatic heterocycles. The molecule has 0 aliphatic carbocycles. The zero-order valence-electron chi connectivity index (χ0n) is 13.2. The summed E-state index contributed by atoms with van der Waals surface area (Å²) in [5.74, 6) is 0.498. The lowest BCUT2D eigenvalue weighted by atomic mass is 10.1. The zero-order valence-corrected chi connectivity index (χ0v) is 13.2. The van der Waals surface area contributed by atoms with Crippen molar-refractivity contribution in [3.63, 3.8) is 0 Å².